The second-order valence-electron chi connectivity index (χ2n) is 3.89. The van der Waals surface area contributed by atoms with E-state index in [-0.39, 0.29) is 0 Å². The maximum Gasteiger partial charge on any atom is 0.228 e. The summed E-state index contributed by atoms with van der Waals surface area (Å²) in [6, 6.07) is 0. The van der Waals surface area contributed by atoms with Gasteiger partial charge in [0, 0.05) is 0 Å². The molecule has 0 amide bonds. The van der Waals surface area contributed by atoms with E-state index >= 15 is 0 Å². The van der Waals surface area contributed by atoms with Crippen LogP contribution in [0.4, 0.5) is 0 Å². The van der Waals surface area contributed by atoms with E-state index in [1.54, 1.807) is 34.6 Å². The molecule has 6 heteroatoms. The normalized spacial score (nSPS) is 28.9. The van der Waals surface area contributed by atoms with Gasteiger partial charge < -0.3 is 0 Å². The molecule has 0 bridgehead atoms. The highest BCUT2D eigenvalue weighted by Crippen LogP contribution is 2.22. The summed E-state index contributed by atoms with van der Waals surface area (Å²) in [6.45, 7) is 8.18. The zero-order valence-corrected chi connectivity index (χ0v) is 9.03. The molecule has 1 rings (SSSR count). The van der Waals surface area contributed by atoms with Gasteiger partial charge in [0.1, 0.15) is 0 Å². The molecular weight excluding hydrogens is 192 g/mol. The SMILES string of the molecule is CC1OOC(C)(C)OOC(C)(C)OO1. The minimum atomic E-state index is -1.03. The van der Waals surface area contributed by atoms with E-state index in [2.05, 4.69) is 0 Å². The average Bonchev–Trinajstić information content (AvgIpc) is 2.12. The molecule has 0 aromatic rings. The highest BCUT2D eigenvalue weighted by Gasteiger charge is 2.33. The number of hydrogen-bond donors (Lipinski definition) is 0. The number of hydrogen-bond acceptors (Lipinski definition) is 6. The molecule has 6 nitrogen and oxygen atoms in total. The molecule has 1 aliphatic heterocycles. The number of rotatable bonds is 0. The van der Waals surface area contributed by atoms with Gasteiger partial charge in [-0.1, -0.05) is 0 Å². The molecule has 84 valence electrons. The zero-order chi connectivity index (χ0) is 10.8. The van der Waals surface area contributed by atoms with Crippen LogP contribution in [0.2, 0.25) is 0 Å². The molecule has 0 N–H and O–H groups in total. The van der Waals surface area contributed by atoms with Gasteiger partial charge in [-0.05, 0) is 34.6 Å². The Bertz CT molecular complexity index is 170. The summed E-state index contributed by atoms with van der Waals surface area (Å²) >= 11 is 0. The third-order valence-electron chi connectivity index (χ3n) is 1.21. The molecule has 0 aromatic heterocycles. The van der Waals surface area contributed by atoms with Crippen molar-refractivity contribution in [2.45, 2.75) is 52.5 Å². The maximum absolute atomic E-state index is 4.96. The molecule has 0 spiro atoms. The van der Waals surface area contributed by atoms with Crippen LogP contribution in [0.1, 0.15) is 34.6 Å². The fraction of sp³-hybridized carbons (Fsp3) is 1.00. The summed E-state index contributed by atoms with van der Waals surface area (Å²) in [5.41, 5.74) is 0. The minimum Gasteiger partial charge on any atom is -0.199 e. The van der Waals surface area contributed by atoms with Crippen LogP contribution in [0.3, 0.4) is 0 Å². The monoisotopic (exact) mass is 208 g/mol. The van der Waals surface area contributed by atoms with Crippen LogP contribution in [0.25, 0.3) is 0 Å². The average molecular weight is 208 g/mol. The molecule has 1 heterocycles. The van der Waals surface area contributed by atoms with Crippen LogP contribution >= 0.6 is 0 Å². The van der Waals surface area contributed by atoms with E-state index in [9.17, 15) is 0 Å². The molecule has 0 unspecified atom stereocenters. The van der Waals surface area contributed by atoms with Crippen LogP contribution in [0.5, 0.6) is 0 Å². The predicted octanol–water partition coefficient (Wildman–Crippen LogP) is 1.66. The zero-order valence-electron chi connectivity index (χ0n) is 9.03. The second-order valence-corrected chi connectivity index (χ2v) is 3.89. The van der Waals surface area contributed by atoms with Crippen molar-refractivity contribution >= 4 is 0 Å². The molecule has 1 fully saturated rings. The van der Waals surface area contributed by atoms with Gasteiger partial charge in [0.15, 0.2) is 0 Å². The molecule has 0 radical (unpaired) electrons. The molecule has 0 aromatic carbocycles. The Hall–Kier alpha value is -0.240. The second kappa shape index (κ2) is 4.09. The van der Waals surface area contributed by atoms with Crippen LogP contribution in [0.15, 0.2) is 0 Å². The third-order valence-corrected chi connectivity index (χ3v) is 1.21. The lowest BCUT2D eigenvalue weighted by atomic mass is 10.4. The van der Waals surface area contributed by atoms with Crippen molar-refractivity contribution in [1.29, 1.82) is 0 Å². The summed E-state index contributed by atoms with van der Waals surface area (Å²) in [7, 11) is 0. The van der Waals surface area contributed by atoms with Crippen molar-refractivity contribution in [2.75, 3.05) is 0 Å². The highest BCUT2D eigenvalue weighted by molar-refractivity contribution is 4.50. The highest BCUT2D eigenvalue weighted by atomic mass is 17.4. The Morgan fingerprint density at radius 2 is 1.07 bits per heavy atom. The molecular formula is C8H16O6. The van der Waals surface area contributed by atoms with Crippen LogP contribution < -0.4 is 0 Å². The predicted molar refractivity (Wildman–Crippen MR) is 44.1 cm³/mol. The summed E-state index contributed by atoms with van der Waals surface area (Å²) < 4.78 is 0. The first kappa shape index (κ1) is 11.8. The minimum absolute atomic E-state index is 0.668. The van der Waals surface area contributed by atoms with Gasteiger partial charge in [0.05, 0.1) is 0 Å². The lowest BCUT2D eigenvalue weighted by molar-refractivity contribution is -0.534. The van der Waals surface area contributed by atoms with Gasteiger partial charge in [-0.25, -0.2) is 0 Å². The van der Waals surface area contributed by atoms with Crippen molar-refractivity contribution in [2.24, 2.45) is 0 Å². The van der Waals surface area contributed by atoms with E-state index in [1.165, 1.54) is 0 Å². The lowest BCUT2D eigenvalue weighted by Crippen LogP contribution is -2.34. The van der Waals surface area contributed by atoms with Crippen molar-refractivity contribution in [3.8, 4) is 0 Å². The topological polar surface area (TPSA) is 55.4 Å². The van der Waals surface area contributed by atoms with Crippen LogP contribution in [-0.4, -0.2) is 17.9 Å². The quantitative estimate of drug-likeness (QED) is 0.564. The van der Waals surface area contributed by atoms with Gasteiger partial charge in [0.2, 0.25) is 17.9 Å². The molecule has 1 saturated heterocycles. The molecule has 1 aliphatic rings. The summed E-state index contributed by atoms with van der Waals surface area (Å²) in [6.07, 6.45) is -0.668. The van der Waals surface area contributed by atoms with Crippen molar-refractivity contribution in [3.63, 3.8) is 0 Å². The molecule has 0 atom stereocenters. The fourth-order valence-electron chi connectivity index (χ4n) is 0.612. The van der Waals surface area contributed by atoms with E-state index < -0.39 is 17.9 Å². The molecule has 14 heavy (non-hydrogen) atoms. The first-order valence-electron chi connectivity index (χ1n) is 4.37. The standard InChI is InChI=1S/C8H16O6/c1-6-9-11-7(2,3)13-14-8(4,5)12-10-6/h6H,1-5H3. The summed E-state index contributed by atoms with van der Waals surface area (Å²) in [5.74, 6) is -2.05. The fourth-order valence-corrected chi connectivity index (χ4v) is 0.612. The Morgan fingerprint density at radius 3 is 1.43 bits per heavy atom. The first-order valence-corrected chi connectivity index (χ1v) is 4.37. The summed E-state index contributed by atoms with van der Waals surface area (Å²) in [5, 5.41) is 0. The van der Waals surface area contributed by atoms with Crippen LogP contribution in [0, 0.1) is 0 Å². The van der Waals surface area contributed by atoms with Crippen molar-refractivity contribution in [3.05, 3.63) is 0 Å². The largest absolute Gasteiger partial charge is 0.228 e. The maximum atomic E-state index is 4.96. The van der Waals surface area contributed by atoms with E-state index in [0.29, 0.717) is 0 Å². The van der Waals surface area contributed by atoms with Crippen LogP contribution in [-0.2, 0) is 29.3 Å². The Balaban J connectivity index is 2.62. The van der Waals surface area contributed by atoms with Gasteiger partial charge in [0.25, 0.3) is 0 Å². The van der Waals surface area contributed by atoms with Crippen molar-refractivity contribution in [1.82, 2.24) is 0 Å². The Labute approximate surface area is 82.8 Å². The van der Waals surface area contributed by atoms with Gasteiger partial charge in [-0.3, -0.25) is 0 Å². The van der Waals surface area contributed by atoms with E-state index in [1.807, 2.05) is 0 Å². The van der Waals surface area contributed by atoms with Gasteiger partial charge in [-0.2, -0.15) is 29.3 Å². The first-order chi connectivity index (χ1) is 6.31. The molecule has 0 aliphatic carbocycles. The smallest absolute Gasteiger partial charge is 0.199 e. The summed E-state index contributed by atoms with van der Waals surface area (Å²) in [4.78, 5) is 29.4. The van der Waals surface area contributed by atoms with E-state index in [0.717, 1.165) is 0 Å². The van der Waals surface area contributed by atoms with Gasteiger partial charge in [-0.15, -0.1) is 0 Å². The third kappa shape index (κ3) is 3.87. The van der Waals surface area contributed by atoms with Gasteiger partial charge >= 0.3 is 0 Å². The van der Waals surface area contributed by atoms with Crippen molar-refractivity contribution < 1.29 is 29.3 Å². The Morgan fingerprint density at radius 1 is 0.714 bits per heavy atom. The molecule has 0 saturated carbocycles. The Kier molecular flexibility index (Phi) is 3.46. The lowest BCUT2D eigenvalue weighted by Gasteiger charge is -2.25. The van der Waals surface area contributed by atoms with E-state index in [4.69, 9.17) is 29.3 Å².